The topological polar surface area (TPSA) is 61.8 Å². The van der Waals surface area contributed by atoms with Crippen molar-refractivity contribution in [2.45, 2.75) is 44.2 Å². The first-order valence-electron chi connectivity index (χ1n) is 8.53. The maximum absolute atomic E-state index is 12.5. The van der Waals surface area contributed by atoms with Crippen molar-refractivity contribution in [1.82, 2.24) is 10.2 Å². The molecule has 1 heterocycles. The summed E-state index contributed by atoms with van der Waals surface area (Å²) >= 11 is 0. The summed E-state index contributed by atoms with van der Waals surface area (Å²) in [5.74, 6) is 0. The number of carbonyl (C=O) groups excluding carboxylic acids is 1. The van der Waals surface area contributed by atoms with Gasteiger partial charge in [0.15, 0.2) is 0 Å². The Morgan fingerprint density at radius 2 is 2.30 bits per heavy atom. The number of hydrogen-bond acceptors (Lipinski definition) is 3. The van der Waals surface area contributed by atoms with E-state index in [0.717, 1.165) is 19.3 Å². The second kappa shape index (κ2) is 6.89. The fourth-order valence-electron chi connectivity index (χ4n) is 3.70. The fraction of sp³-hybridized carbons (Fsp3) is 0.611. The molecule has 23 heavy (non-hydrogen) atoms. The highest BCUT2D eigenvalue weighted by Crippen LogP contribution is 2.42. The van der Waals surface area contributed by atoms with Gasteiger partial charge in [-0.2, -0.15) is 0 Å². The summed E-state index contributed by atoms with van der Waals surface area (Å²) in [4.78, 5) is 14.4. The largest absolute Gasteiger partial charge is 0.396 e. The summed E-state index contributed by atoms with van der Waals surface area (Å²) in [6, 6.07) is 8.45. The molecule has 3 rings (SSSR count). The Bertz CT molecular complexity index is 559. The third-order valence-electron chi connectivity index (χ3n) is 4.94. The molecule has 2 aliphatic rings. The predicted molar refractivity (Wildman–Crippen MR) is 88.3 cm³/mol. The number of hydrogen-bond donors (Lipinski definition) is 2. The normalized spacial score (nSPS) is 24.5. The first kappa shape index (κ1) is 16.3. The number of carbonyl (C=O) groups is 1. The van der Waals surface area contributed by atoms with Gasteiger partial charge in [0, 0.05) is 19.2 Å². The lowest BCUT2D eigenvalue weighted by molar-refractivity contribution is -0.102. The Hall–Kier alpha value is -1.59. The summed E-state index contributed by atoms with van der Waals surface area (Å²) in [6.45, 7) is 3.96. The van der Waals surface area contributed by atoms with Gasteiger partial charge in [-0.15, -0.1) is 0 Å². The maximum Gasteiger partial charge on any atom is 0.317 e. The van der Waals surface area contributed by atoms with Crippen LogP contribution in [-0.2, 0) is 16.8 Å². The number of rotatable bonds is 4. The van der Waals surface area contributed by atoms with Crippen LogP contribution in [-0.4, -0.2) is 48.4 Å². The number of nitrogens with one attached hydrogen (secondary N) is 1. The van der Waals surface area contributed by atoms with Crippen molar-refractivity contribution in [3.63, 3.8) is 0 Å². The zero-order valence-corrected chi connectivity index (χ0v) is 13.8. The number of aliphatic hydroxyl groups is 1. The van der Waals surface area contributed by atoms with Gasteiger partial charge in [0.05, 0.1) is 13.2 Å². The number of fused-ring (bicyclic) bond motifs is 2. The SMILES string of the molecule is CC(CCCO)NC(=O)N1CCOC2(CCc3ccccc32)C1. The number of aliphatic hydroxyl groups excluding tert-OH is 1. The number of aryl methyl sites for hydroxylation is 1. The molecule has 126 valence electrons. The molecule has 2 unspecified atom stereocenters. The zero-order valence-electron chi connectivity index (χ0n) is 13.8. The van der Waals surface area contributed by atoms with E-state index in [1.54, 1.807) is 0 Å². The highest BCUT2D eigenvalue weighted by Gasteiger charge is 2.44. The number of benzene rings is 1. The minimum atomic E-state index is -0.333. The van der Waals surface area contributed by atoms with E-state index in [4.69, 9.17) is 9.84 Å². The quantitative estimate of drug-likeness (QED) is 0.893. The van der Waals surface area contributed by atoms with Crippen LogP contribution in [0.3, 0.4) is 0 Å². The van der Waals surface area contributed by atoms with Gasteiger partial charge in [0.1, 0.15) is 5.60 Å². The Kier molecular flexibility index (Phi) is 4.87. The highest BCUT2D eigenvalue weighted by molar-refractivity contribution is 5.74. The summed E-state index contributed by atoms with van der Waals surface area (Å²) in [6.07, 6.45) is 3.46. The smallest absolute Gasteiger partial charge is 0.317 e. The average molecular weight is 318 g/mol. The van der Waals surface area contributed by atoms with Crippen molar-refractivity contribution in [3.05, 3.63) is 35.4 Å². The summed E-state index contributed by atoms with van der Waals surface area (Å²) in [5, 5.41) is 11.9. The first-order chi connectivity index (χ1) is 11.1. The lowest BCUT2D eigenvalue weighted by atomic mass is 9.94. The number of nitrogens with zero attached hydrogens (tertiary/aromatic N) is 1. The number of ether oxygens (including phenoxy) is 1. The molecule has 0 bridgehead atoms. The Balaban J connectivity index is 1.66. The molecule has 5 nitrogen and oxygen atoms in total. The van der Waals surface area contributed by atoms with E-state index in [2.05, 4.69) is 23.5 Å². The average Bonchev–Trinajstić information content (AvgIpc) is 2.91. The molecule has 1 saturated heterocycles. The molecular formula is C18H26N2O3. The Morgan fingerprint density at radius 1 is 1.48 bits per heavy atom. The maximum atomic E-state index is 12.5. The molecule has 2 N–H and O–H groups in total. The second-order valence-corrected chi connectivity index (χ2v) is 6.64. The van der Waals surface area contributed by atoms with Gasteiger partial charge in [0.2, 0.25) is 0 Å². The van der Waals surface area contributed by atoms with Crippen molar-refractivity contribution in [2.75, 3.05) is 26.3 Å². The van der Waals surface area contributed by atoms with Gasteiger partial charge in [-0.05, 0) is 43.7 Å². The molecule has 1 fully saturated rings. The van der Waals surface area contributed by atoms with Crippen molar-refractivity contribution in [1.29, 1.82) is 0 Å². The molecule has 1 spiro atoms. The molecule has 1 aromatic rings. The molecule has 1 aromatic carbocycles. The van der Waals surface area contributed by atoms with Crippen molar-refractivity contribution < 1.29 is 14.6 Å². The molecule has 5 heteroatoms. The van der Waals surface area contributed by atoms with Crippen LogP contribution in [0.2, 0.25) is 0 Å². The molecule has 0 saturated carbocycles. The van der Waals surface area contributed by atoms with Crippen LogP contribution in [0.5, 0.6) is 0 Å². The first-order valence-corrected chi connectivity index (χ1v) is 8.53. The molecule has 1 aliphatic heterocycles. The van der Waals surface area contributed by atoms with Crippen LogP contribution in [0, 0.1) is 0 Å². The van der Waals surface area contributed by atoms with Crippen LogP contribution in [0.25, 0.3) is 0 Å². The van der Waals surface area contributed by atoms with Gasteiger partial charge in [-0.25, -0.2) is 4.79 Å². The molecule has 1 aliphatic carbocycles. The van der Waals surface area contributed by atoms with Gasteiger partial charge >= 0.3 is 6.03 Å². The van der Waals surface area contributed by atoms with E-state index >= 15 is 0 Å². The van der Waals surface area contributed by atoms with Crippen LogP contribution >= 0.6 is 0 Å². The third-order valence-corrected chi connectivity index (χ3v) is 4.94. The van der Waals surface area contributed by atoms with E-state index in [9.17, 15) is 4.79 Å². The molecule has 0 radical (unpaired) electrons. The highest BCUT2D eigenvalue weighted by atomic mass is 16.5. The number of amides is 2. The van der Waals surface area contributed by atoms with Crippen LogP contribution in [0.15, 0.2) is 24.3 Å². The fourth-order valence-corrected chi connectivity index (χ4v) is 3.70. The summed E-state index contributed by atoms with van der Waals surface area (Å²) in [7, 11) is 0. The van der Waals surface area contributed by atoms with Crippen molar-refractivity contribution in [3.8, 4) is 0 Å². The zero-order chi connectivity index (χ0) is 16.3. The summed E-state index contributed by atoms with van der Waals surface area (Å²) in [5.41, 5.74) is 2.25. The number of morpholine rings is 1. The summed E-state index contributed by atoms with van der Waals surface area (Å²) < 4.78 is 6.15. The van der Waals surface area contributed by atoms with Crippen molar-refractivity contribution in [2.24, 2.45) is 0 Å². The van der Waals surface area contributed by atoms with Crippen LogP contribution in [0.4, 0.5) is 4.79 Å². The van der Waals surface area contributed by atoms with Crippen LogP contribution in [0.1, 0.15) is 37.3 Å². The molecule has 2 amide bonds. The van der Waals surface area contributed by atoms with E-state index < -0.39 is 0 Å². The lowest BCUT2D eigenvalue weighted by Crippen LogP contribution is -2.54. The van der Waals surface area contributed by atoms with E-state index in [-0.39, 0.29) is 24.3 Å². The molecular weight excluding hydrogens is 292 g/mol. The van der Waals surface area contributed by atoms with Gasteiger partial charge in [-0.1, -0.05) is 24.3 Å². The molecule has 0 aromatic heterocycles. The van der Waals surface area contributed by atoms with Crippen molar-refractivity contribution >= 4 is 6.03 Å². The lowest BCUT2D eigenvalue weighted by Gasteiger charge is -2.41. The predicted octanol–water partition coefficient (Wildman–Crippen LogP) is 2.03. The third kappa shape index (κ3) is 3.35. The Labute approximate surface area is 137 Å². The van der Waals surface area contributed by atoms with Gasteiger partial charge < -0.3 is 20.1 Å². The standard InChI is InChI=1S/C18H26N2O3/c1-14(5-4-11-21)19-17(22)20-10-12-23-18(13-20)9-8-15-6-2-3-7-16(15)18/h2-3,6-7,14,21H,4-5,8-13H2,1H3,(H,19,22). The second-order valence-electron chi connectivity index (χ2n) is 6.64. The van der Waals surface area contributed by atoms with Gasteiger partial charge in [-0.3, -0.25) is 0 Å². The van der Waals surface area contributed by atoms with Crippen LogP contribution < -0.4 is 5.32 Å². The van der Waals surface area contributed by atoms with E-state index in [1.807, 2.05) is 17.9 Å². The Morgan fingerprint density at radius 3 is 3.13 bits per heavy atom. The van der Waals surface area contributed by atoms with E-state index in [0.29, 0.717) is 26.1 Å². The monoisotopic (exact) mass is 318 g/mol. The minimum Gasteiger partial charge on any atom is -0.396 e. The van der Waals surface area contributed by atoms with Gasteiger partial charge in [0.25, 0.3) is 0 Å². The molecule has 2 atom stereocenters. The minimum absolute atomic E-state index is 0.0255. The number of urea groups is 1. The van der Waals surface area contributed by atoms with E-state index in [1.165, 1.54) is 11.1 Å².